The van der Waals surface area contributed by atoms with Crippen molar-refractivity contribution in [2.24, 2.45) is 5.92 Å². The summed E-state index contributed by atoms with van der Waals surface area (Å²) in [6.07, 6.45) is 4.01. The number of rotatable bonds is 4. The maximum Gasteiger partial charge on any atom is 0.236 e. The predicted octanol–water partition coefficient (Wildman–Crippen LogP) is 1.20. The molecule has 3 heterocycles. The van der Waals surface area contributed by atoms with Crippen molar-refractivity contribution >= 4 is 22.9 Å². The first kappa shape index (κ1) is 17.7. The standard InChI is InChI=1S/C17H21N7O2/c1-11-5-8-23(15(25)4-6-18)10-13(11)21-16-12(17(19)22-26)9-20-24-7-2-3-14(16)24/h2-3,7,9,11,13,21,26H,4-5,8,10H2,1H3,(H2,19,22). The maximum absolute atomic E-state index is 12.1. The van der Waals surface area contributed by atoms with E-state index in [4.69, 9.17) is 15.9 Å². The number of nitrogens with zero attached hydrogens (tertiary/aromatic N) is 4. The molecule has 0 saturated carbocycles. The van der Waals surface area contributed by atoms with Gasteiger partial charge < -0.3 is 10.2 Å². The van der Waals surface area contributed by atoms with Crippen LogP contribution in [-0.4, -0.2) is 50.6 Å². The van der Waals surface area contributed by atoms with E-state index in [0.717, 1.165) is 11.9 Å². The van der Waals surface area contributed by atoms with Crippen molar-refractivity contribution in [2.45, 2.75) is 25.8 Å². The molecule has 9 heteroatoms. The monoisotopic (exact) mass is 355 g/mol. The third-order valence-electron chi connectivity index (χ3n) is 4.82. The van der Waals surface area contributed by atoms with Gasteiger partial charge in [0.25, 0.3) is 0 Å². The van der Waals surface area contributed by atoms with Crippen molar-refractivity contribution in [2.75, 3.05) is 18.4 Å². The Balaban J connectivity index is 1.91. The van der Waals surface area contributed by atoms with Crippen LogP contribution in [0, 0.1) is 22.7 Å². The highest BCUT2D eigenvalue weighted by Gasteiger charge is 2.30. The number of nitrogens with one attached hydrogen (secondary N) is 3. The summed E-state index contributed by atoms with van der Waals surface area (Å²) in [5.74, 6) is -0.0308. The number of hydrogen-bond acceptors (Lipinski definition) is 6. The SMILES string of the molecule is CC1CCN(C(=O)CC#N)CC1Nc1c(C(=N)NO)cnn2cccc12. The van der Waals surface area contributed by atoms with Crippen LogP contribution in [0.25, 0.3) is 5.52 Å². The lowest BCUT2D eigenvalue weighted by atomic mass is 9.92. The normalized spacial score (nSPS) is 19.8. The zero-order valence-corrected chi connectivity index (χ0v) is 14.4. The molecule has 0 bridgehead atoms. The molecule has 0 aliphatic carbocycles. The molecule has 2 aromatic rings. The second kappa shape index (κ2) is 7.41. The number of fused-ring (bicyclic) bond motifs is 1. The minimum Gasteiger partial charge on any atom is -0.378 e. The number of hydroxylamine groups is 1. The molecule has 26 heavy (non-hydrogen) atoms. The van der Waals surface area contributed by atoms with Crippen LogP contribution in [0.5, 0.6) is 0 Å². The fraction of sp³-hybridized carbons (Fsp3) is 0.412. The summed E-state index contributed by atoms with van der Waals surface area (Å²) >= 11 is 0. The van der Waals surface area contributed by atoms with E-state index in [1.54, 1.807) is 15.6 Å². The van der Waals surface area contributed by atoms with Crippen molar-refractivity contribution in [3.8, 4) is 6.07 Å². The molecule has 1 saturated heterocycles. The molecule has 2 atom stereocenters. The molecule has 2 unspecified atom stereocenters. The number of carbonyl (C=O) groups excluding carboxylic acids is 1. The summed E-state index contributed by atoms with van der Waals surface area (Å²) in [5, 5.41) is 33.5. The lowest BCUT2D eigenvalue weighted by Gasteiger charge is -2.38. The molecule has 136 valence electrons. The van der Waals surface area contributed by atoms with Crippen LogP contribution in [0.3, 0.4) is 0 Å². The fourth-order valence-electron chi connectivity index (χ4n) is 3.24. The van der Waals surface area contributed by atoms with Crippen LogP contribution >= 0.6 is 0 Å². The van der Waals surface area contributed by atoms with E-state index < -0.39 is 0 Å². The summed E-state index contributed by atoms with van der Waals surface area (Å²) in [5.41, 5.74) is 3.74. The Kier molecular flexibility index (Phi) is 5.04. The third-order valence-corrected chi connectivity index (χ3v) is 4.82. The first-order valence-corrected chi connectivity index (χ1v) is 8.41. The molecule has 3 rings (SSSR count). The summed E-state index contributed by atoms with van der Waals surface area (Å²) < 4.78 is 1.68. The quantitative estimate of drug-likeness (QED) is 0.370. The molecule has 1 amide bonds. The largest absolute Gasteiger partial charge is 0.378 e. The van der Waals surface area contributed by atoms with E-state index in [-0.39, 0.29) is 24.2 Å². The van der Waals surface area contributed by atoms with Crippen LogP contribution in [0.1, 0.15) is 25.3 Å². The van der Waals surface area contributed by atoms with Gasteiger partial charge in [-0.1, -0.05) is 6.92 Å². The lowest BCUT2D eigenvalue weighted by Crippen LogP contribution is -2.49. The highest BCUT2D eigenvalue weighted by molar-refractivity contribution is 6.03. The van der Waals surface area contributed by atoms with Crippen LogP contribution in [0.4, 0.5) is 5.69 Å². The van der Waals surface area contributed by atoms with Crippen LogP contribution in [-0.2, 0) is 4.79 Å². The first-order chi connectivity index (χ1) is 12.5. The van der Waals surface area contributed by atoms with Crippen LogP contribution < -0.4 is 10.8 Å². The highest BCUT2D eigenvalue weighted by Crippen LogP contribution is 2.27. The average molecular weight is 355 g/mol. The molecule has 4 N–H and O–H groups in total. The Bertz CT molecular complexity index is 870. The van der Waals surface area contributed by atoms with Gasteiger partial charge in [0, 0.05) is 25.3 Å². The number of piperidine rings is 1. The van der Waals surface area contributed by atoms with Gasteiger partial charge in [-0.15, -0.1) is 0 Å². The number of carbonyl (C=O) groups is 1. The third kappa shape index (κ3) is 3.32. The van der Waals surface area contributed by atoms with E-state index in [2.05, 4.69) is 17.3 Å². The topological polar surface area (TPSA) is 130 Å². The zero-order chi connectivity index (χ0) is 18.7. The van der Waals surface area contributed by atoms with Crippen LogP contribution in [0.15, 0.2) is 24.5 Å². The number of aromatic nitrogens is 2. The Labute approximate surface area is 150 Å². The molecule has 0 radical (unpaired) electrons. The molecule has 2 aromatic heterocycles. The molecular weight excluding hydrogens is 334 g/mol. The van der Waals surface area contributed by atoms with Crippen molar-refractivity contribution in [3.05, 3.63) is 30.1 Å². The summed E-state index contributed by atoms with van der Waals surface area (Å²) in [6.45, 7) is 3.23. The maximum atomic E-state index is 12.1. The smallest absolute Gasteiger partial charge is 0.236 e. The minimum atomic E-state index is -0.168. The highest BCUT2D eigenvalue weighted by atomic mass is 16.5. The van der Waals surface area contributed by atoms with Gasteiger partial charge in [-0.2, -0.15) is 10.4 Å². The van der Waals surface area contributed by atoms with Gasteiger partial charge in [-0.3, -0.25) is 20.9 Å². The molecular formula is C17H21N7O2. The average Bonchev–Trinajstić information content (AvgIpc) is 3.12. The molecule has 9 nitrogen and oxygen atoms in total. The number of amides is 1. The second-order valence-corrected chi connectivity index (χ2v) is 6.45. The van der Waals surface area contributed by atoms with Crippen molar-refractivity contribution in [1.82, 2.24) is 20.0 Å². The van der Waals surface area contributed by atoms with Gasteiger partial charge in [0.05, 0.1) is 29.0 Å². The summed E-state index contributed by atoms with van der Waals surface area (Å²) in [4.78, 5) is 13.8. The van der Waals surface area contributed by atoms with E-state index in [0.29, 0.717) is 30.3 Å². The number of likely N-dealkylation sites (tertiary alicyclic amines) is 1. The molecule has 0 aromatic carbocycles. The number of hydrogen-bond donors (Lipinski definition) is 4. The van der Waals surface area contributed by atoms with E-state index in [1.807, 2.05) is 23.7 Å². The molecule has 1 aliphatic heterocycles. The Morgan fingerprint density at radius 2 is 2.38 bits per heavy atom. The zero-order valence-electron chi connectivity index (χ0n) is 14.4. The fourth-order valence-corrected chi connectivity index (χ4v) is 3.24. The van der Waals surface area contributed by atoms with E-state index >= 15 is 0 Å². The molecule has 1 aliphatic rings. The van der Waals surface area contributed by atoms with Crippen molar-refractivity contribution < 1.29 is 10.0 Å². The summed E-state index contributed by atoms with van der Waals surface area (Å²) in [7, 11) is 0. The number of amidine groups is 1. The van der Waals surface area contributed by atoms with Crippen LogP contribution in [0.2, 0.25) is 0 Å². The van der Waals surface area contributed by atoms with Crippen molar-refractivity contribution in [1.29, 1.82) is 10.7 Å². The lowest BCUT2D eigenvalue weighted by molar-refractivity contribution is -0.131. The van der Waals surface area contributed by atoms with E-state index in [9.17, 15) is 4.79 Å². The molecule has 1 fully saturated rings. The van der Waals surface area contributed by atoms with Crippen molar-refractivity contribution in [3.63, 3.8) is 0 Å². The van der Waals surface area contributed by atoms with Gasteiger partial charge in [0.15, 0.2) is 5.84 Å². The number of anilines is 1. The Morgan fingerprint density at radius 1 is 1.58 bits per heavy atom. The van der Waals surface area contributed by atoms with Gasteiger partial charge >= 0.3 is 0 Å². The Morgan fingerprint density at radius 3 is 3.12 bits per heavy atom. The van der Waals surface area contributed by atoms with Gasteiger partial charge in [-0.25, -0.2) is 4.52 Å². The minimum absolute atomic E-state index is 0.0438. The van der Waals surface area contributed by atoms with Gasteiger partial charge in [0.2, 0.25) is 5.91 Å². The van der Waals surface area contributed by atoms with E-state index in [1.165, 1.54) is 6.20 Å². The van der Waals surface area contributed by atoms with Gasteiger partial charge in [0.1, 0.15) is 6.42 Å². The number of nitriles is 1. The summed E-state index contributed by atoms with van der Waals surface area (Å²) in [6, 6.07) is 5.58. The predicted molar refractivity (Wildman–Crippen MR) is 94.9 cm³/mol. The first-order valence-electron chi connectivity index (χ1n) is 8.41. The van der Waals surface area contributed by atoms with Gasteiger partial charge in [-0.05, 0) is 24.5 Å². The Hall–Kier alpha value is -3.12. The second-order valence-electron chi connectivity index (χ2n) is 6.45. The molecule has 0 spiro atoms.